The van der Waals surface area contributed by atoms with Crippen LogP contribution in [0.25, 0.3) is 0 Å². The van der Waals surface area contributed by atoms with E-state index in [1.165, 1.54) is 75.1 Å². The van der Waals surface area contributed by atoms with E-state index in [-0.39, 0.29) is 0 Å². The lowest BCUT2D eigenvalue weighted by atomic mass is 9.84. The van der Waals surface area contributed by atoms with Gasteiger partial charge in [0.25, 0.3) is 0 Å². The minimum Gasteiger partial charge on any atom is -0.0622 e. The van der Waals surface area contributed by atoms with Crippen LogP contribution in [-0.4, -0.2) is 0 Å². The summed E-state index contributed by atoms with van der Waals surface area (Å²) in [4.78, 5) is 0. The van der Waals surface area contributed by atoms with Crippen LogP contribution >= 0.6 is 15.8 Å². The normalized spacial score (nSPS) is 16.8. The molecule has 0 N–H and O–H groups in total. The van der Waals surface area contributed by atoms with Crippen molar-refractivity contribution in [1.82, 2.24) is 0 Å². The van der Waals surface area contributed by atoms with Gasteiger partial charge in [-0.2, -0.15) is 0 Å². The van der Waals surface area contributed by atoms with E-state index in [1.807, 2.05) is 0 Å². The smallest absolute Gasteiger partial charge is 0.0134 e. The lowest BCUT2D eigenvalue weighted by Crippen LogP contribution is -2.20. The Hall–Kier alpha value is -3.82. The van der Waals surface area contributed by atoms with Gasteiger partial charge in [0.2, 0.25) is 0 Å². The first-order chi connectivity index (χ1) is 22.3. The Bertz CT molecular complexity index is 1540. The summed E-state index contributed by atoms with van der Waals surface area (Å²) >= 11 is 0. The van der Waals surface area contributed by atoms with E-state index in [0.717, 1.165) is 0 Å². The van der Waals surface area contributed by atoms with Gasteiger partial charge >= 0.3 is 0 Å². The zero-order valence-electron chi connectivity index (χ0n) is 25.8. The molecule has 2 heteroatoms. The topological polar surface area (TPSA) is 0 Å². The maximum absolute atomic E-state index is 2.44. The highest BCUT2D eigenvalue weighted by molar-refractivity contribution is 7.80. The highest BCUT2D eigenvalue weighted by Gasteiger charge is 2.24. The molecule has 7 rings (SSSR count). The summed E-state index contributed by atoms with van der Waals surface area (Å²) in [5.74, 6) is 1.22. The average molecular weight is 619 g/mol. The molecule has 6 aromatic rings. The fourth-order valence-corrected chi connectivity index (χ4v) is 11.5. The first-order valence-electron chi connectivity index (χ1n) is 16.3. The Morgan fingerprint density at radius 3 is 0.867 bits per heavy atom. The third kappa shape index (κ3) is 7.05. The van der Waals surface area contributed by atoms with Crippen molar-refractivity contribution in [3.8, 4) is 0 Å². The van der Waals surface area contributed by atoms with Gasteiger partial charge in [-0.3, -0.25) is 0 Å². The summed E-state index contributed by atoms with van der Waals surface area (Å²) in [5.41, 5.74) is 3.02. The molecule has 0 amide bonds. The zero-order valence-corrected chi connectivity index (χ0v) is 27.5. The molecule has 222 valence electrons. The van der Waals surface area contributed by atoms with Crippen molar-refractivity contribution in [3.05, 3.63) is 181 Å². The van der Waals surface area contributed by atoms with E-state index in [2.05, 4.69) is 170 Å². The van der Waals surface area contributed by atoms with Gasteiger partial charge in [-0.05, 0) is 89.9 Å². The average Bonchev–Trinajstić information content (AvgIpc) is 3.38. The van der Waals surface area contributed by atoms with Crippen LogP contribution in [0, 0.1) is 0 Å². The second-order valence-electron chi connectivity index (χ2n) is 12.1. The molecule has 0 saturated heterocycles. The molecule has 0 bridgehead atoms. The molecule has 1 aliphatic carbocycles. The third-order valence-electron chi connectivity index (χ3n) is 9.23. The molecule has 1 aliphatic rings. The molecular formula is C43H40P2. The van der Waals surface area contributed by atoms with Gasteiger partial charge in [-0.25, -0.2) is 0 Å². The molecular weight excluding hydrogens is 578 g/mol. The lowest BCUT2D eigenvalue weighted by Gasteiger charge is -2.24. The Kier molecular flexibility index (Phi) is 9.64. The monoisotopic (exact) mass is 618 g/mol. The van der Waals surface area contributed by atoms with Crippen LogP contribution in [-0.2, 0) is 0 Å². The van der Waals surface area contributed by atoms with Crippen LogP contribution in [0.4, 0.5) is 0 Å². The predicted octanol–water partition coefficient (Wildman–Crippen LogP) is 9.03. The minimum atomic E-state index is -0.567. The maximum atomic E-state index is 2.44. The van der Waals surface area contributed by atoms with Crippen molar-refractivity contribution in [1.29, 1.82) is 0 Å². The number of benzene rings is 6. The summed E-state index contributed by atoms with van der Waals surface area (Å²) in [6, 6.07) is 63.6. The third-order valence-corrected chi connectivity index (χ3v) is 14.1. The first-order valence-corrected chi connectivity index (χ1v) is 19.0. The number of hydrogen-bond acceptors (Lipinski definition) is 0. The second-order valence-corrected chi connectivity index (χ2v) is 16.6. The molecule has 0 spiro atoms. The van der Waals surface area contributed by atoms with Crippen LogP contribution in [0.5, 0.6) is 0 Å². The van der Waals surface area contributed by atoms with E-state index in [9.17, 15) is 0 Å². The Morgan fingerprint density at radius 2 is 0.578 bits per heavy atom. The largest absolute Gasteiger partial charge is 0.0622 e. The van der Waals surface area contributed by atoms with Crippen molar-refractivity contribution >= 4 is 47.7 Å². The van der Waals surface area contributed by atoms with Crippen LogP contribution < -0.4 is 31.8 Å². The fraction of sp³-hybridized carbons (Fsp3) is 0.163. The standard InChI is InChI=1S/C43H40P2/c1-5-17-38(18-6-1)44(39-19-7-2-8-20-39)42-29-25-34(26-30-42)36-15-13-14-16-37(33-36)35-27-31-43(32-28-35)45(40-21-9-3-10-22-40)41-23-11-4-12-24-41/h1-12,17-32,36-37H,13-16,33H2. The predicted molar refractivity (Wildman–Crippen MR) is 199 cm³/mol. The van der Waals surface area contributed by atoms with E-state index < -0.39 is 15.8 Å². The lowest BCUT2D eigenvalue weighted by molar-refractivity contribution is 0.540. The molecule has 1 saturated carbocycles. The van der Waals surface area contributed by atoms with Gasteiger partial charge in [-0.15, -0.1) is 0 Å². The van der Waals surface area contributed by atoms with Crippen molar-refractivity contribution in [3.63, 3.8) is 0 Å². The van der Waals surface area contributed by atoms with Crippen molar-refractivity contribution in [2.45, 2.75) is 43.9 Å². The molecule has 2 unspecified atom stereocenters. The Morgan fingerprint density at radius 1 is 0.311 bits per heavy atom. The highest BCUT2D eigenvalue weighted by atomic mass is 31.1. The number of hydrogen-bond donors (Lipinski definition) is 0. The molecule has 1 fully saturated rings. The molecule has 0 aliphatic heterocycles. The molecule has 0 aromatic heterocycles. The summed E-state index contributed by atoms with van der Waals surface area (Å²) in [7, 11) is -1.13. The van der Waals surface area contributed by atoms with Gasteiger partial charge < -0.3 is 0 Å². The Balaban J connectivity index is 1.12. The van der Waals surface area contributed by atoms with Crippen molar-refractivity contribution in [2.75, 3.05) is 0 Å². The van der Waals surface area contributed by atoms with E-state index in [4.69, 9.17) is 0 Å². The van der Waals surface area contributed by atoms with E-state index in [0.29, 0.717) is 11.8 Å². The minimum absolute atomic E-state index is 0.567. The number of rotatable bonds is 8. The first kappa shape index (κ1) is 29.9. The summed E-state index contributed by atoms with van der Waals surface area (Å²) in [6.07, 6.45) is 6.43. The van der Waals surface area contributed by atoms with Gasteiger partial charge in [-0.1, -0.05) is 183 Å². The SMILES string of the molecule is c1ccc(P(c2ccccc2)c2ccc(C3CCCCC(c4ccc(P(c5ccccc5)c5ccccc5)cc4)C3)cc2)cc1. The maximum Gasteiger partial charge on any atom is -0.0134 e. The fourth-order valence-electron chi connectivity index (χ4n) is 6.96. The van der Waals surface area contributed by atoms with Crippen LogP contribution in [0.2, 0.25) is 0 Å². The van der Waals surface area contributed by atoms with Gasteiger partial charge in [0.1, 0.15) is 0 Å². The molecule has 2 atom stereocenters. The van der Waals surface area contributed by atoms with Crippen molar-refractivity contribution < 1.29 is 0 Å². The van der Waals surface area contributed by atoms with Crippen molar-refractivity contribution in [2.24, 2.45) is 0 Å². The van der Waals surface area contributed by atoms with Crippen LogP contribution in [0.1, 0.15) is 55.1 Å². The summed E-state index contributed by atoms with van der Waals surface area (Å²) < 4.78 is 0. The summed E-state index contributed by atoms with van der Waals surface area (Å²) in [6.45, 7) is 0. The second kappa shape index (κ2) is 14.5. The van der Waals surface area contributed by atoms with Gasteiger partial charge in [0.15, 0.2) is 0 Å². The molecule has 0 nitrogen and oxygen atoms in total. The molecule has 0 radical (unpaired) electrons. The molecule has 0 heterocycles. The van der Waals surface area contributed by atoms with Crippen LogP contribution in [0.15, 0.2) is 170 Å². The van der Waals surface area contributed by atoms with E-state index in [1.54, 1.807) is 0 Å². The van der Waals surface area contributed by atoms with Gasteiger partial charge in [0.05, 0.1) is 0 Å². The van der Waals surface area contributed by atoms with E-state index >= 15 is 0 Å². The highest BCUT2D eigenvalue weighted by Crippen LogP contribution is 2.41. The van der Waals surface area contributed by atoms with Gasteiger partial charge in [0, 0.05) is 0 Å². The molecule has 45 heavy (non-hydrogen) atoms. The quantitative estimate of drug-likeness (QED) is 0.118. The zero-order chi connectivity index (χ0) is 30.3. The summed E-state index contributed by atoms with van der Waals surface area (Å²) in [5, 5.41) is 8.50. The van der Waals surface area contributed by atoms with Crippen LogP contribution in [0.3, 0.4) is 0 Å². The molecule has 6 aromatic carbocycles. The Labute approximate surface area is 271 Å².